The summed E-state index contributed by atoms with van der Waals surface area (Å²) in [6.45, 7) is 7.10. The van der Waals surface area contributed by atoms with Crippen LogP contribution in [0.1, 0.15) is 36.9 Å². The van der Waals surface area contributed by atoms with Gasteiger partial charge in [0.15, 0.2) is 11.5 Å². The van der Waals surface area contributed by atoms with Crippen molar-refractivity contribution in [3.8, 4) is 11.3 Å². The fourth-order valence-electron chi connectivity index (χ4n) is 4.40. The molecule has 7 heteroatoms. The summed E-state index contributed by atoms with van der Waals surface area (Å²) in [5.41, 5.74) is 3.46. The highest BCUT2D eigenvalue weighted by Gasteiger charge is 2.21. The zero-order valence-electron chi connectivity index (χ0n) is 17.1. The van der Waals surface area contributed by atoms with E-state index in [0.29, 0.717) is 28.1 Å². The van der Waals surface area contributed by atoms with Gasteiger partial charge in [-0.2, -0.15) is 0 Å². The van der Waals surface area contributed by atoms with Crippen molar-refractivity contribution in [2.45, 2.75) is 32.6 Å². The van der Waals surface area contributed by atoms with E-state index in [1.165, 1.54) is 6.07 Å². The Kier molecular flexibility index (Phi) is 4.70. The number of pyridine rings is 1. The summed E-state index contributed by atoms with van der Waals surface area (Å²) in [5, 5.41) is 8.93. The number of halogens is 2. The van der Waals surface area contributed by atoms with Crippen LogP contribution in [-0.2, 0) is 0 Å². The van der Waals surface area contributed by atoms with Crippen LogP contribution in [0.4, 0.5) is 8.78 Å². The maximum absolute atomic E-state index is 15.0. The Morgan fingerprint density at radius 1 is 1.00 bits per heavy atom. The molecule has 3 aromatic heterocycles. The lowest BCUT2D eigenvalue weighted by Gasteiger charge is -2.31. The molecule has 4 heterocycles. The van der Waals surface area contributed by atoms with Crippen molar-refractivity contribution < 1.29 is 8.78 Å². The van der Waals surface area contributed by atoms with Crippen molar-refractivity contribution in [2.75, 3.05) is 19.6 Å². The number of likely N-dealkylation sites (tertiary alicyclic amines) is 1. The summed E-state index contributed by atoms with van der Waals surface area (Å²) in [7, 11) is 0. The Balaban J connectivity index is 1.51. The second-order valence-corrected chi connectivity index (χ2v) is 8.06. The lowest BCUT2D eigenvalue weighted by molar-refractivity contribution is 0.222. The van der Waals surface area contributed by atoms with Gasteiger partial charge >= 0.3 is 0 Å². The van der Waals surface area contributed by atoms with Gasteiger partial charge in [0.1, 0.15) is 5.82 Å². The molecule has 0 aliphatic carbocycles. The van der Waals surface area contributed by atoms with Crippen LogP contribution in [0.2, 0.25) is 0 Å². The van der Waals surface area contributed by atoms with E-state index in [1.54, 1.807) is 35.9 Å². The van der Waals surface area contributed by atoms with Crippen LogP contribution in [0.5, 0.6) is 0 Å². The molecule has 1 fully saturated rings. The Labute approximate surface area is 173 Å². The van der Waals surface area contributed by atoms with Gasteiger partial charge in [0.2, 0.25) is 0 Å². The lowest BCUT2D eigenvalue weighted by atomic mass is 9.88. The number of benzene rings is 1. The van der Waals surface area contributed by atoms with Crippen LogP contribution >= 0.6 is 0 Å². The first-order valence-corrected chi connectivity index (χ1v) is 10.4. The first-order chi connectivity index (χ1) is 14.5. The zero-order chi connectivity index (χ0) is 20.8. The fraction of sp³-hybridized carbons (Fsp3) is 0.348. The van der Waals surface area contributed by atoms with Crippen LogP contribution in [0.15, 0.2) is 36.7 Å². The molecule has 0 spiro atoms. The largest absolute Gasteiger partial charge is 0.304 e. The molecule has 0 N–H and O–H groups in total. The molecule has 30 heavy (non-hydrogen) atoms. The third-order valence-electron chi connectivity index (χ3n) is 6.11. The van der Waals surface area contributed by atoms with E-state index in [0.717, 1.165) is 43.7 Å². The number of aryl methyl sites for hydroxylation is 1. The number of hydrogen-bond acceptors (Lipinski definition) is 4. The summed E-state index contributed by atoms with van der Waals surface area (Å²) in [6.07, 6.45) is 5.52. The molecule has 0 unspecified atom stereocenters. The van der Waals surface area contributed by atoms with Crippen molar-refractivity contribution in [3.05, 3.63) is 59.6 Å². The fourth-order valence-corrected chi connectivity index (χ4v) is 4.40. The Morgan fingerprint density at radius 3 is 2.57 bits per heavy atom. The lowest BCUT2D eigenvalue weighted by Crippen LogP contribution is -2.32. The number of imidazole rings is 1. The molecule has 1 aromatic carbocycles. The molecule has 1 saturated heterocycles. The monoisotopic (exact) mass is 407 g/mol. The van der Waals surface area contributed by atoms with Crippen molar-refractivity contribution >= 4 is 16.6 Å². The van der Waals surface area contributed by atoms with Crippen LogP contribution in [0.25, 0.3) is 27.8 Å². The van der Waals surface area contributed by atoms with E-state index in [9.17, 15) is 4.39 Å². The van der Waals surface area contributed by atoms with Gasteiger partial charge in [-0.25, -0.2) is 13.8 Å². The minimum Gasteiger partial charge on any atom is -0.304 e. The quantitative estimate of drug-likeness (QED) is 0.493. The van der Waals surface area contributed by atoms with Crippen LogP contribution in [-0.4, -0.2) is 44.1 Å². The topological polar surface area (TPSA) is 46.3 Å². The summed E-state index contributed by atoms with van der Waals surface area (Å²) in [5.74, 6) is -0.414. The zero-order valence-corrected chi connectivity index (χ0v) is 17.1. The molecule has 4 aromatic rings. The van der Waals surface area contributed by atoms with E-state index in [2.05, 4.69) is 27.0 Å². The van der Waals surface area contributed by atoms with Crippen molar-refractivity contribution in [1.29, 1.82) is 0 Å². The molecule has 5 rings (SSSR count). The highest BCUT2D eigenvalue weighted by molar-refractivity contribution is 5.83. The third-order valence-corrected chi connectivity index (χ3v) is 6.11. The Morgan fingerprint density at radius 2 is 1.80 bits per heavy atom. The highest BCUT2D eigenvalue weighted by atomic mass is 19.1. The second kappa shape index (κ2) is 7.40. The van der Waals surface area contributed by atoms with Gasteiger partial charge in [-0.1, -0.05) is 6.92 Å². The molecule has 1 aliphatic heterocycles. The summed E-state index contributed by atoms with van der Waals surface area (Å²) in [4.78, 5) is 6.58. The number of rotatable bonds is 3. The van der Waals surface area contributed by atoms with E-state index in [1.807, 2.05) is 6.07 Å². The number of piperidine rings is 1. The minimum atomic E-state index is -0.447. The average Bonchev–Trinajstić information content (AvgIpc) is 3.14. The molecular formula is C23H23F2N5. The van der Waals surface area contributed by atoms with Gasteiger partial charge in [-0.3, -0.25) is 0 Å². The minimum absolute atomic E-state index is 0.259. The highest BCUT2D eigenvalue weighted by Crippen LogP contribution is 2.32. The van der Waals surface area contributed by atoms with Gasteiger partial charge in [-0.15, -0.1) is 10.2 Å². The maximum atomic E-state index is 15.0. The van der Waals surface area contributed by atoms with E-state index in [4.69, 9.17) is 0 Å². The summed E-state index contributed by atoms with van der Waals surface area (Å²) < 4.78 is 31.1. The van der Waals surface area contributed by atoms with E-state index >= 15 is 4.39 Å². The molecule has 0 atom stereocenters. The standard InChI is InChI=1S/C23H23F2N5/c1-3-29-6-4-15(5-7-29)16-8-19(24)18-11-21(27-28-22(18)10-16)17-9-20(25)23-26-14(2)12-30(23)13-17/h8-13,15H,3-7H2,1-2H3. The van der Waals surface area contributed by atoms with Crippen molar-refractivity contribution in [1.82, 2.24) is 24.5 Å². The number of fused-ring (bicyclic) bond motifs is 2. The molecule has 0 radical (unpaired) electrons. The van der Waals surface area contributed by atoms with Crippen molar-refractivity contribution in [2.24, 2.45) is 0 Å². The van der Waals surface area contributed by atoms with Gasteiger partial charge < -0.3 is 9.30 Å². The first-order valence-electron chi connectivity index (χ1n) is 10.4. The second-order valence-electron chi connectivity index (χ2n) is 8.06. The Hall–Kier alpha value is -2.93. The third kappa shape index (κ3) is 3.33. The van der Waals surface area contributed by atoms with Gasteiger partial charge in [0.05, 0.1) is 16.9 Å². The SMILES string of the molecule is CCN1CCC(c2cc(F)c3cc(-c4cc(F)c5nc(C)cn5c4)nnc3c2)CC1. The Bertz CT molecular complexity index is 1240. The van der Waals surface area contributed by atoms with E-state index in [-0.39, 0.29) is 11.5 Å². The normalized spacial score (nSPS) is 16.0. The van der Waals surface area contributed by atoms with Gasteiger partial charge in [0.25, 0.3) is 0 Å². The molecule has 0 bridgehead atoms. The average molecular weight is 407 g/mol. The molecule has 1 aliphatic rings. The van der Waals surface area contributed by atoms with Crippen LogP contribution in [0, 0.1) is 18.6 Å². The van der Waals surface area contributed by atoms with E-state index < -0.39 is 5.82 Å². The predicted molar refractivity (Wildman–Crippen MR) is 112 cm³/mol. The van der Waals surface area contributed by atoms with Crippen LogP contribution < -0.4 is 0 Å². The molecule has 5 nitrogen and oxygen atoms in total. The van der Waals surface area contributed by atoms with Gasteiger partial charge in [0, 0.05) is 23.3 Å². The number of aromatic nitrogens is 4. The summed E-state index contributed by atoms with van der Waals surface area (Å²) >= 11 is 0. The maximum Gasteiger partial charge on any atom is 0.173 e. The first kappa shape index (κ1) is 19.1. The van der Waals surface area contributed by atoms with Gasteiger partial charge in [-0.05, 0) is 75.1 Å². The molecule has 154 valence electrons. The number of hydrogen-bond donors (Lipinski definition) is 0. The smallest absolute Gasteiger partial charge is 0.173 e. The predicted octanol–water partition coefficient (Wildman–Crippen LogP) is 4.73. The molecule has 0 amide bonds. The van der Waals surface area contributed by atoms with Crippen LogP contribution in [0.3, 0.4) is 0 Å². The number of nitrogens with zero attached hydrogens (tertiary/aromatic N) is 5. The molecular weight excluding hydrogens is 384 g/mol. The summed E-state index contributed by atoms with van der Waals surface area (Å²) in [6, 6.07) is 6.59. The van der Waals surface area contributed by atoms with Crippen molar-refractivity contribution in [3.63, 3.8) is 0 Å². The molecule has 0 saturated carbocycles.